The molecule has 2 aromatic rings. The Labute approximate surface area is 121 Å². The van der Waals surface area contributed by atoms with E-state index < -0.39 is 0 Å². The zero-order valence-corrected chi connectivity index (χ0v) is 12.5. The lowest BCUT2D eigenvalue weighted by Gasteiger charge is -2.13. The zero-order chi connectivity index (χ0) is 12.7. The molecular formula is C13H15ClN2S2. The lowest BCUT2D eigenvalue weighted by atomic mass is 10.2. The summed E-state index contributed by atoms with van der Waals surface area (Å²) in [4.78, 5) is 3.24. The van der Waals surface area contributed by atoms with Gasteiger partial charge in [0.2, 0.25) is 0 Å². The summed E-state index contributed by atoms with van der Waals surface area (Å²) in [6.45, 7) is 0. The molecule has 3 rings (SSSR count). The van der Waals surface area contributed by atoms with E-state index >= 15 is 0 Å². The van der Waals surface area contributed by atoms with E-state index in [9.17, 15) is 0 Å². The molecule has 18 heavy (non-hydrogen) atoms. The number of aromatic nitrogens is 2. The number of rotatable bonds is 2. The lowest BCUT2D eigenvalue weighted by Crippen LogP contribution is -2.06. The molecule has 0 bridgehead atoms. The summed E-state index contributed by atoms with van der Waals surface area (Å²) in [5, 5.41) is 1.51. The van der Waals surface area contributed by atoms with E-state index in [4.69, 9.17) is 23.8 Å². The van der Waals surface area contributed by atoms with Gasteiger partial charge in [-0.3, -0.25) is 0 Å². The molecule has 1 N–H and O–H groups in total. The van der Waals surface area contributed by atoms with E-state index in [1.54, 1.807) is 0 Å². The van der Waals surface area contributed by atoms with E-state index in [1.807, 2.05) is 23.9 Å². The molecule has 1 aliphatic rings. The number of para-hydroxylation sites is 1. The van der Waals surface area contributed by atoms with Crippen LogP contribution in [0.5, 0.6) is 0 Å². The molecule has 0 spiro atoms. The average molecular weight is 299 g/mol. The summed E-state index contributed by atoms with van der Waals surface area (Å²) in [6, 6.07) is 6.51. The summed E-state index contributed by atoms with van der Waals surface area (Å²) >= 11 is 13.6. The molecule has 0 radical (unpaired) electrons. The predicted molar refractivity (Wildman–Crippen MR) is 82.3 cm³/mol. The van der Waals surface area contributed by atoms with E-state index in [0.717, 1.165) is 26.1 Å². The highest BCUT2D eigenvalue weighted by Crippen LogP contribution is 2.38. The molecule has 1 aromatic heterocycles. The Bertz CT molecular complexity index is 631. The average Bonchev–Trinajstić information content (AvgIpc) is 2.93. The first kappa shape index (κ1) is 12.6. The fourth-order valence-corrected chi connectivity index (χ4v) is 4.20. The van der Waals surface area contributed by atoms with Gasteiger partial charge in [-0.25, -0.2) is 0 Å². The van der Waals surface area contributed by atoms with Crippen LogP contribution < -0.4 is 0 Å². The van der Waals surface area contributed by atoms with Crippen molar-refractivity contribution in [2.45, 2.75) is 30.6 Å². The Morgan fingerprint density at radius 3 is 3.00 bits per heavy atom. The summed E-state index contributed by atoms with van der Waals surface area (Å²) in [7, 11) is 0. The number of nitrogens with zero attached hydrogens (tertiary/aromatic N) is 1. The summed E-state index contributed by atoms with van der Waals surface area (Å²) in [6.07, 6.45) is 5.88. The van der Waals surface area contributed by atoms with Crippen molar-refractivity contribution >= 4 is 46.6 Å². The van der Waals surface area contributed by atoms with Gasteiger partial charge in [0.05, 0.1) is 16.1 Å². The van der Waals surface area contributed by atoms with E-state index in [1.165, 1.54) is 19.3 Å². The number of nitrogens with one attached hydrogen (secondary N) is 1. The van der Waals surface area contributed by atoms with Gasteiger partial charge in [-0.05, 0) is 49.9 Å². The summed E-state index contributed by atoms with van der Waals surface area (Å²) < 4.78 is 3.05. The summed E-state index contributed by atoms with van der Waals surface area (Å²) in [5.41, 5.74) is 2.11. The fourth-order valence-electron chi connectivity index (χ4n) is 2.84. The van der Waals surface area contributed by atoms with E-state index in [-0.39, 0.29) is 0 Å². The van der Waals surface area contributed by atoms with Crippen LogP contribution in [0.25, 0.3) is 11.0 Å². The Kier molecular flexibility index (Phi) is 3.43. The van der Waals surface area contributed by atoms with Crippen LogP contribution in [0, 0.1) is 4.77 Å². The molecule has 96 valence electrons. The molecule has 2 unspecified atom stereocenters. The van der Waals surface area contributed by atoms with Gasteiger partial charge in [-0.15, -0.1) is 0 Å². The van der Waals surface area contributed by atoms with Gasteiger partial charge in [0, 0.05) is 11.3 Å². The second-order valence-corrected chi connectivity index (χ2v) is 6.69. The minimum absolute atomic E-state index is 0.516. The SMILES string of the molecule is CSC1CCC(n2c(=S)[nH]c3c(Cl)cccc32)C1. The topological polar surface area (TPSA) is 20.7 Å². The number of benzene rings is 1. The van der Waals surface area contributed by atoms with Crippen molar-refractivity contribution in [3.05, 3.63) is 28.0 Å². The Morgan fingerprint density at radius 1 is 1.44 bits per heavy atom. The van der Waals surface area contributed by atoms with Crippen molar-refractivity contribution in [3.63, 3.8) is 0 Å². The van der Waals surface area contributed by atoms with Crippen molar-refractivity contribution in [1.82, 2.24) is 9.55 Å². The number of aromatic amines is 1. The summed E-state index contributed by atoms with van der Waals surface area (Å²) in [5.74, 6) is 0. The Morgan fingerprint density at radius 2 is 2.28 bits per heavy atom. The Balaban J connectivity index is 2.10. The maximum atomic E-state index is 6.21. The molecule has 0 amide bonds. The number of thioether (sulfide) groups is 1. The van der Waals surface area contributed by atoms with Gasteiger partial charge in [-0.1, -0.05) is 17.7 Å². The normalized spacial score (nSPS) is 23.9. The second-order valence-electron chi connectivity index (χ2n) is 4.76. The second kappa shape index (κ2) is 4.91. The van der Waals surface area contributed by atoms with Gasteiger partial charge < -0.3 is 9.55 Å². The third-order valence-corrected chi connectivity index (χ3v) is 5.47. The molecule has 5 heteroatoms. The van der Waals surface area contributed by atoms with E-state index in [2.05, 4.69) is 21.9 Å². The third-order valence-electron chi connectivity index (χ3n) is 3.76. The Hall–Kier alpha value is -0.450. The fraction of sp³-hybridized carbons (Fsp3) is 0.462. The van der Waals surface area contributed by atoms with Gasteiger partial charge in [0.25, 0.3) is 0 Å². The monoisotopic (exact) mass is 298 g/mol. The highest BCUT2D eigenvalue weighted by atomic mass is 35.5. The van der Waals surface area contributed by atoms with Crippen LogP contribution in [-0.4, -0.2) is 21.1 Å². The third kappa shape index (κ3) is 2.00. The van der Waals surface area contributed by atoms with Gasteiger partial charge in [-0.2, -0.15) is 11.8 Å². The van der Waals surface area contributed by atoms with Crippen molar-refractivity contribution in [1.29, 1.82) is 0 Å². The van der Waals surface area contributed by atoms with Crippen molar-refractivity contribution in [2.24, 2.45) is 0 Å². The standard InChI is InChI=1S/C13H15ClN2S2/c1-18-9-6-5-8(7-9)16-11-4-2-3-10(14)12(11)15-13(16)17/h2-4,8-9H,5-7H2,1H3,(H,15,17). The first-order valence-electron chi connectivity index (χ1n) is 6.12. The largest absolute Gasteiger partial charge is 0.329 e. The number of imidazole rings is 1. The number of halogens is 1. The van der Waals surface area contributed by atoms with Crippen LogP contribution in [-0.2, 0) is 0 Å². The lowest BCUT2D eigenvalue weighted by molar-refractivity contribution is 0.527. The first-order chi connectivity index (χ1) is 8.70. The van der Waals surface area contributed by atoms with Gasteiger partial charge in [0.15, 0.2) is 4.77 Å². The zero-order valence-electron chi connectivity index (χ0n) is 10.1. The number of H-pyrrole nitrogens is 1. The number of fused-ring (bicyclic) bond motifs is 1. The molecule has 0 saturated heterocycles. The van der Waals surface area contributed by atoms with Crippen LogP contribution in [0.3, 0.4) is 0 Å². The maximum absolute atomic E-state index is 6.21. The molecule has 2 atom stereocenters. The molecule has 0 aliphatic heterocycles. The number of hydrogen-bond donors (Lipinski definition) is 1. The van der Waals surface area contributed by atoms with Crippen molar-refractivity contribution in [3.8, 4) is 0 Å². The molecule has 1 fully saturated rings. The van der Waals surface area contributed by atoms with Crippen LogP contribution in [0.4, 0.5) is 0 Å². The predicted octanol–water partition coefficient (Wildman–Crippen LogP) is 4.81. The minimum Gasteiger partial charge on any atom is -0.329 e. The van der Waals surface area contributed by atoms with Gasteiger partial charge >= 0.3 is 0 Å². The van der Waals surface area contributed by atoms with Crippen molar-refractivity contribution in [2.75, 3.05) is 6.26 Å². The molecule has 1 heterocycles. The van der Waals surface area contributed by atoms with Crippen LogP contribution in [0.2, 0.25) is 5.02 Å². The highest BCUT2D eigenvalue weighted by Gasteiger charge is 2.27. The van der Waals surface area contributed by atoms with E-state index in [0.29, 0.717) is 6.04 Å². The molecule has 1 aliphatic carbocycles. The molecule has 1 saturated carbocycles. The van der Waals surface area contributed by atoms with Crippen LogP contribution in [0.1, 0.15) is 25.3 Å². The first-order valence-corrected chi connectivity index (χ1v) is 8.19. The van der Waals surface area contributed by atoms with Crippen LogP contribution >= 0.6 is 35.6 Å². The maximum Gasteiger partial charge on any atom is 0.178 e. The number of hydrogen-bond acceptors (Lipinski definition) is 2. The molecule has 2 nitrogen and oxygen atoms in total. The molecular weight excluding hydrogens is 284 g/mol. The van der Waals surface area contributed by atoms with Crippen molar-refractivity contribution < 1.29 is 0 Å². The highest BCUT2D eigenvalue weighted by molar-refractivity contribution is 7.99. The smallest absolute Gasteiger partial charge is 0.178 e. The quantitative estimate of drug-likeness (QED) is 0.803. The minimum atomic E-state index is 0.516. The van der Waals surface area contributed by atoms with Gasteiger partial charge in [0.1, 0.15) is 0 Å². The molecule has 1 aromatic carbocycles. The van der Waals surface area contributed by atoms with Crippen LogP contribution in [0.15, 0.2) is 18.2 Å².